The largest absolute Gasteiger partial charge is 0.497 e. The summed E-state index contributed by atoms with van der Waals surface area (Å²) in [6.07, 6.45) is 0. The average Bonchev–Trinajstić information content (AvgIpc) is 3.56. The Morgan fingerprint density at radius 3 is 2.36 bits per heavy atom. The molecule has 0 unspecified atom stereocenters. The Balaban J connectivity index is 1.65. The van der Waals surface area contributed by atoms with Crippen LogP contribution in [0.25, 0.3) is 33.3 Å². The van der Waals surface area contributed by atoms with Gasteiger partial charge in [-0.1, -0.05) is 42.5 Å². The van der Waals surface area contributed by atoms with E-state index in [0.29, 0.717) is 40.0 Å². The first-order chi connectivity index (χ1) is 16.2. The summed E-state index contributed by atoms with van der Waals surface area (Å²) in [6, 6.07) is 27.8. The molecule has 0 aliphatic heterocycles. The fraction of sp³-hybridized carbons (Fsp3) is 0.0370. The number of benzene rings is 3. The second-order valence-corrected chi connectivity index (χ2v) is 8.11. The molecule has 0 radical (unpaired) electrons. The summed E-state index contributed by atoms with van der Waals surface area (Å²) in [7, 11) is 1.59. The third kappa shape index (κ3) is 4.29. The highest BCUT2D eigenvalue weighted by Gasteiger charge is 2.23. The van der Waals surface area contributed by atoms with Crippen molar-refractivity contribution in [2.24, 2.45) is 0 Å². The van der Waals surface area contributed by atoms with Crippen LogP contribution >= 0.6 is 11.3 Å². The van der Waals surface area contributed by atoms with Gasteiger partial charge in [0.05, 0.1) is 23.1 Å². The van der Waals surface area contributed by atoms with Crippen molar-refractivity contribution in [3.05, 3.63) is 102 Å². The molecule has 2 heterocycles. The Hall–Kier alpha value is -4.16. The van der Waals surface area contributed by atoms with E-state index >= 15 is 0 Å². The van der Waals surface area contributed by atoms with Crippen molar-refractivity contribution in [1.82, 2.24) is 4.98 Å². The molecule has 3 aromatic carbocycles. The van der Waals surface area contributed by atoms with Crippen LogP contribution in [0.5, 0.6) is 11.5 Å². The predicted molar refractivity (Wildman–Crippen MR) is 129 cm³/mol. The SMILES string of the molecule is COc1ccc(OC(=O)c2ccccc2)c(-c2nc(-c3ccccc3)oc2-c2cccs2)c1. The van der Waals surface area contributed by atoms with Gasteiger partial charge in [0, 0.05) is 5.56 Å². The van der Waals surface area contributed by atoms with Crippen LogP contribution in [0.1, 0.15) is 10.4 Å². The first-order valence-electron chi connectivity index (χ1n) is 10.3. The lowest BCUT2D eigenvalue weighted by atomic mass is 10.1. The molecule has 0 amide bonds. The molecular weight excluding hydrogens is 434 g/mol. The van der Waals surface area contributed by atoms with E-state index in [1.54, 1.807) is 60.9 Å². The Labute approximate surface area is 194 Å². The van der Waals surface area contributed by atoms with Gasteiger partial charge in [-0.2, -0.15) is 0 Å². The van der Waals surface area contributed by atoms with E-state index in [1.165, 1.54) is 0 Å². The predicted octanol–water partition coefficient (Wildman–Crippen LogP) is 6.96. The van der Waals surface area contributed by atoms with E-state index in [-0.39, 0.29) is 0 Å². The van der Waals surface area contributed by atoms with E-state index in [1.807, 2.05) is 53.9 Å². The first kappa shape index (κ1) is 20.7. The van der Waals surface area contributed by atoms with Crippen molar-refractivity contribution in [2.45, 2.75) is 0 Å². The van der Waals surface area contributed by atoms with Crippen molar-refractivity contribution in [3.8, 4) is 44.8 Å². The molecule has 5 nitrogen and oxygen atoms in total. The molecule has 0 saturated heterocycles. The molecule has 33 heavy (non-hydrogen) atoms. The van der Waals surface area contributed by atoms with Crippen LogP contribution in [0.3, 0.4) is 0 Å². The summed E-state index contributed by atoms with van der Waals surface area (Å²) in [5.41, 5.74) is 2.49. The van der Waals surface area contributed by atoms with Crippen LogP contribution in [-0.4, -0.2) is 18.1 Å². The lowest BCUT2D eigenvalue weighted by Crippen LogP contribution is -2.09. The van der Waals surface area contributed by atoms with Crippen molar-refractivity contribution in [1.29, 1.82) is 0 Å². The third-order valence-electron chi connectivity index (χ3n) is 5.05. The van der Waals surface area contributed by atoms with E-state index in [2.05, 4.69) is 0 Å². The molecule has 0 aliphatic rings. The summed E-state index contributed by atoms with van der Waals surface area (Å²) in [5.74, 6) is 1.62. The second kappa shape index (κ2) is 9.14. The fourth-order valence-corrected chi connectivity index (χ4v) is 4.13. The highest BCUT2D eigenvalue weighted by Crippen LogP contribution is 2.42. The molecule has 0 spiro atoms. The van der Waals surface area contributed by atoms with Crippen LogP contribution in [0.2, 0.25) is 0 Å². The van der Waals surface area contributed by atoms with Gasteiger partial charge >= 0.3 is 5.97 Å². The number of aromatic nitrogens is 1. The molecule has 0 aliphatic carbocycles. The summed E-state index contributed by atoms with van der Waals surface area (Å²) in [4.78, 5) is 18.5. The number of hydrogen-bond acceptors (Lipinski definition) is 6. The smallest absolute Gasteiger partial charge is 0.343 e. The first-order valence-corrected chi connectivity index (χ1v) is 11.2. The summed E-state index contributed by atoms with van der Waals surface area (Å²) < 4.78 is 17.5. The standard InChI is InChI=1S/C27H19NO4S/c1-30-20-14-15-22(31-27(29)19-11-6-3-7-12-19)21(17-20)24-25(23-13-8-16-33-23)32-26(28-24)18-9-4-2-5-10-18/h2-17H,1H3. The molecule has 0 saturated carbocycles. The van der Waals surface area contributed by atoms with Gasteiger partial charge < -0.3 is 13.9 Å². The summed E-state index contributed by atoms with van der Waals surface area (Å²) >= 11 is 1.55. The maximum Gasteiger partial charge on any atom is 0.343 e. The van der Waals surface area contributed by atoms with Gasteiger partial charge in [0.2, 0.25) is 5.89 Å². The monoisotopic (exact) mass is 453 g/mol. The van der Waals surface area contributed by atoms with E-state index in [4.69, 9.17) is 18.9 Å². The number of oxazole rings is 1. The highest BCUT2D eigenvalue weighted by atomic mass is 32.1. The minimum atomic E-state index is -0.452. The zero-order valence-corrected chi connectivity index (χ0v) is 18.5. The van der Waals surface area contributed by atoms with Crippen LogP contribution in [0.4, 0.5) is 0 Å². The highest BCUT2D eigenvalue weighted by molar-refractivity contribution is 7.13. The second-order valence-electron chi connectivity index (χ2n) is 7.16. The van der Waals surface area contributed by atoms with Gasteiger partial charge in [-0.3, -0.25) is 0 Å². The maximum atomic E-state index is 12.8. The number of nitrogens with zero attached hydrogens (tertiary/aromatic N) is 1. The number of rotatable bonds is 6. The van der Waals surface area contributed by atoms with Crippen molar-refractivity contribution in [3.63, 3.8) is 0 Å². The van der Waals surface area contributed by atoms with Gasteiger partial charge in [-0.25, -0.2) is 9.78 Å². The lowest BCUT2D eigenvalue weighted by molar-refractivity contribution is 0.0735. The van der Waals surface area contributed by atoms with Crippen molar-refractivity contribution in [2.75, 3.05) is 7.11 Å². The molecule has 5 aromatic rings. The van der Waals surface area contributed by atoms with Gasteiger partial charge in [0.1, 0.15) is 17.2 Å². The van der Waals surface area contributed by atoms with Crippen molar-refractivity contribution < 1.29 is 18.7 Å². The number of carbonyl (C=O) groups is 1. The zero-order chi connectivity index (χ0) is 22.6. The Kier molecular flexibility index (Phi) is 5.74. The number of esters is 1. The number of ether oxygens (including phenoxy) is 2. The fourth-order valence-electron chi connectivity index (χ4n) is 3.42. The topological polar surface area (TPSA) is 61.6 Å². The quantitative estimate of drug-likeness (QED) is 0.205. The summed E-state index contributed by atoms with van der Waals surface area (Å²) in [5, 5.41) is 1.98. The number of thiophene rings is 1. The maximum absolute atomic E-state index is 12.8. The molecule has 162 valence electrons. The Morgan fingerprint density at radius 2 is 1.67 bits per heavy atom. The van der Waals surface area contributed by atoms with Gasteiger partial charge in [0.15, 0.2) is 5.76 Å². The van der Waals surface area contributed by atoms with Crippen LogP contribution in [0.15, 0.2) is 101 Å². The van der Waals surface area contributed by atoms with Crippen LogP contribution in [0, 0.1) is 0 Å². The molecule has 2 aromatic heterocycles. The molecule has 0 N–H and O–H groups in total. The molecule has 0 atom stereocenters. The average molecular weight is 454 g/mol. The zero-order valence-electron chi connectivity index (χ0n) is 17.7. The third-order valence-corrected chi connectivity index (χ3v) is 5.92. The Morgan fingerprint density at radius 1 is 0.909 bits per heavy atom. The van der Waals surface area contributed by atoms with E-state index in [0.717, 1.165) is 10.4 Å². The molecule has 0 bridgehead atoms. The lowest BCUT2D eigenvalue weighted by Gasteiger charge is -2.11. The minimum absolute atomic E-state index is 0.371. The molecular formula is C27H19NO4S. The number of carbonyl (C=O) groups excluding carboxylic acids is 1. The molecule has 0 fully saturated rings. The van der Waals surface area contributed by atoms with Crippen LogP contribution in [-0.2, 0) is 0 Å². The van der Waals surface area contributed by atoms with E-state index < -0.39 is 5.97 Å². The number of methoxy groups -OCH3 is 1. The van der Waals surface area contributed by atoms with Gasteiger partial charge in [-0.05, 0) is 53.9 Å². The summed E-state index contributed by atoms with van der Waals surface area (Å²) in [6.45, 7) is 0. The van der Waals surface area contributed by atoms with Gasteiger partial charge in [-0.15, -0.1) is 11.3 Å². The molecule has 6 heteroatoms. The normalized spacial score (nSPS) is 10.7. The minimum Gasteiger partial charge on any atom is -0.497 e. The van der Waals surface area contributed by atoms with E-state index in [9.17, 15) is 4.79 Å². The van der Waals surface area contributed by atoms with Crippen LogP contribution < -0.4 is 9.47 Å². The molecule has 5 rings (SSSR count). The van der Waals surface area contributed by atoms with Crippen molar-refractivity contribution >= 4 is 17.3 Å². The Bertz CT molecular complexity index is 1380. The van der Waals surface area contributed by atoms with Gasteiger partial charge in [0.25, 0.3) is 0 Å². The number of hydrogen-bond donors (Lipinski definition) is 0.